The predicted octanol–water partition coefficient (Wildman–Crippen LogP) is 2.46. The van der Waals surface area contributed by atoms with E-state index in [9.17, 15) is 4.79 Å². The van der Waals surface area contributed by atoms with Gasteiger partial charge in [-0.15, -0.1) is 0 Å². The molecule has 0 amide bonds. The number of nitrogen functional groups attached to an aromatic ring is 1. The van der Waals surface area contributed by atoms with Gasteiger partial charge in [0.15, 0.2) is 0 Å². The van der Waals surface area contributed by atoms with Gasteiger partial charge in [0, 0.05) is 11.1 Å². The molecule has 118 valence electrons. The number of benzene rings is 2. The topological polar surface area (TPSA) is 79.4 Å². The van der Waals surface area contributed by atoms with Crippen LogP contribution in [0.25, 0.3) is 10.9 Å². The lowest BCUT2D eigenvalue weighted by Crippen LogP contribution is -2.06. The first-order valence-corrected chi connectivity index (χ1v) is 7.08. The highest BCUT2D eigenvalue weighted by atomic mass is 16.5. The van der Waals surface area contributed by atoms with Crippen LogP contribution < -0.4 is 10.5 Å². The van der Waals surface area contributed by atoms with Crippen LogP contribution in [0.15, 0.2) is 42.6 Å². The van der Waals surface area contributed by atoms with E-state index in [-0.39, 0.29) is 0 Å². The van der Waals surface area contributed by atoms with Crippen molar-refractivity contribution >= 4 is 22.6 Å². The molecule has 0 fully saturated rings. The summed E-state index contributed by atoms with van der Waals surface area (Å²) in [5.74, 6) is 0.0519. The number of hydrogen-bond donors (Lipinski definition) is 1. The molecule has 2 aromatic carbocycles. The summed E-state index contributed by atoms with van der Waals surface area (Å²) in [6, 6.07) is 11.0. The first-order valence-electron chi connectivity index (χ1n) is 7.08. The number of carbonyl (C=O) groups excluding carboxylic acids is 1. The molecule has 0 aliphatic carbocycles. The minimum atomic E-state index is -0.425. The summed E-state index contributed by atoms with van der Waals surface area (Å²) in [6.45, 7) is 0.546. The highest BCUT2D eigenvalue weighted by Gasteiger charge is 2.13. The molecule has 0 saturated carbocycles. The molecule has 0 spiro atoms. The molecule has 0 unspecified atom stereocenters. The van der Waals surface area contributed by atoms with Gasteiger partial charge in [0.2, 0.25) is 0 Å². The highest BCUT2D eigenvalue weighted by molar-refractivity contribution is 5.92. The van der Waals surface area contributed by atoms with E-state index < -0.39 is 5.97 Å². The molecule has 2 N–H and O–H groups in total. The number of fused-ring (bicyclic) bond motifs is 1. The lowest BCUT2D eigenvalue weighted by atomic mass is 10.1. The van der Waals surface area contributed by atoms with Gasteiger partial charge >= 0.3 is 5.97 Å². The van der Waals surface area contributed by atoms with E-state index in [2.05, 4.69) is 5.10 Å². The molecule has 0 atom stereocenters. The van der Waals surface area contributed by atoms with Gasteiger partial charge in [-0.1, -0.05) is 6.07 Å². The van der Waals surface area contributed by atoms with Crippen LogP contribution in [0.1, 0.15) is 15.9 Å². The third kappa shape index (κ3) is 2.83. The number of carbonyl (C=O) groups is 1. The van der Waals surface area contributed by atoms with Crippen molar-refractivity contribution in [2.24, 2.45) is 0 Å². The molecular formula is C17H17N3O3. The molecule has 1 aromatic heterocycles. The standard InChI is InChI=1S/C17H17N3O3/c1-22-16-7-11(3-6-14(16)17(21)23-2)10-20-15-8-13(18)5-4-12(15)9-19-20/h3-9H,10,18H2,1-2H3. The van der Waals surface area contributed by atoms with E-state index in [0.29, 0.717) is 23.5 Å². The number of nitrogens with two attached hydrogens (primary N) is 1. The Morgan fingerprint density at radius 3 is 2.78 bits per heavy atom. The molecule has 0 aliphatic heterocycles. The van der Waals surface area contributed by atoms with Crippen LogP contribution in [0.3, 0.4) is 0 Å². The van der Waals surface area contributed by atoms with Gasteiger partial charge in [-0.2, -0.15) is 5.10 Å². The average molecular weight is 311 g/mol. The van der Waals surface area contributed by atoms with Crippen molar-refractivity contribution in [3.8, 4) is 5.75 Å². The molecule has 6 heteroatoms. The first-order chi connectivity index (χ1) is 11.1. The number of aromatic nitrogens is 2. The van der Waals surface area contributed by atoms with E-state index in [4.69, 9.17) is 15.2 Å². The van der Waals surface area contributed by atoms with Crippen molar-refractivity contribution in [3.63, 3.8) is 0 Å². The van der Waals surface area contributed by atoms with Crippen molar-refractivity contribution in [1.29, 1.82) is 0 Å². The molecule has 0 saturated heterocycles. The van der Waals surface area contributed by atoms with Gasteiger partial charge in [0.25, 0.3) is 0 Å². The molecule has 0 radical (unpaired) electrons. The van der Waals surface area contributed by atoms with E-state index in [1.54, 1.807) is 12.3 Å². The quantitative estimate of drug-likeness (QED) is 0.591. The summed E-state index contributed by atoms with van der Waals surface area (Å²) in [6.07, 6.45) is 1.80. The molecule has 3 rings (SSSR count). The maximum absolute atomic E-state index is 11.7. The summed E-state index contributed by atoms with van der Waals surface area (Å²) in [5, 5.41) is 5.41. The summed E-state index contributed by atoms with van der Waals surface area (Å²) in [5.41, 5.74) is 8.86. The van der Waals surface area contributed by atoms with E-state index >= 15 is 0 Å². The highest BCUT2D eigenvalue weighted by Crippen LogP contribution is 2.23. The van der Waals surface area contributed by atoms with E-state index in [1.165, 1.54) is 14.2 Å². The lowest BCUT2D eigenvalue weighted by Gasteiger charge is -2.10. The molecular weight excluding hydrogens is 294 g/mol. The van der Waals surface area contributed by atoms with Gasteiger partial charge in [-0.3, -0.25) is 4.68 Å². The van der Waals surface area contributed by atoms with Gasteiger partial charge in [-0.05, 0) is 35.9 Å². The maximum Gasteiger partial charge on any atom is 0.341 e. The van der Waals surface area contributed by atoms with Crippen molar-refractivity contribution in [1.82, 2.24) is 9.78 Å². The van der Waals surface area contributed by atoms with Crippen molar-refractivity contribution < 1.29 is 14.3 Å². The van der Waals surface area contributed by atoms with Crippen LogP contribution in [0, 0.1) is 0 Å². The van der Waals surface area contributed by atoms with Gasteiger partial charge in [0.05, 0.1) is 32.5 Å². The SMILES string of the molecule is COC(=O)c1ccc(Cn2ncc3ccc(N)cc32)cc1OC. The van der Waals surface area contributed by atoms with Gasteiger partial charge in [0.1, 0.15) is 11.3 Å². The summed E-state index contributed by atoms with van der Waals surface area (Å²) >= 11 is 0. The fourth-order valence-electron chi connectivity index (χ4n) is 2.50. The zero-order chi connectivity index (χ0) is 16.4. The van der Waals surface area contributed by atoms with Crippen molar-refractivity contribution in [2.45, 2.75) is 6.54 Å². The third-order valence-corrected chi connectivity index (χ3v) is 3.67. The molecule has 0 bridgehead atoms. The maximum atomic E-state index is 11.7. The Kier molecular flexibility index (Phi) is 3.89. The van der Waals surface area contributed by atoms with Gasteiger partial charge in [-0.25, -0.2) is 4.79 Å². The second-order valence-electron chi connectivity index (χ2n) is 5.15. The Hall–Kier alpha value is -3.02. The largest absolute Gasteiger partial charge is 0.496 e. The van der Waals surface area contributed by atoms with Crippen LogP contribution >= 0.6 is 0 Å². The Balaban J connectivity index is 1.96. The van der Waals surface area contributed by atoms with Crippen molar-refractivity contribution in [2.75, 3.05) is 20.0 Å². The second-order valence-corrected chi connectivity index (χ2v) is 5.15. The fraction of sp³-hybridized carbons (Fsp3) is 0.176. The molecule has 6 nitrogen and oxygen atoms in total. The number of hydrogen-bond acceptors (Lipinski definition) is 5. The number of anilines is 1. The minimum Gasteiger partial charge on any atom is -0.496 e. The van der Waals surface area contributed by atoms with Crippen LogP contribution in [0.2, 0.25) is 0 Å². The second kappa shape index (κ2) is 6.00. The Morgan fingerprint density at radius 1 is 1.22 bits per heavy atom. The zero-order valence-electron chi connectivity index (χ0n) is 12.9. The third-order valence-electron chi connectivity index (χ3n) is 3.67. The van der Waals surface area contributed by atoms with Crippen molar-refractivity contribution in [3.05, 3.63) is 53.7 Å². The zero-order valence-corrected chi connectivity index (χ0v) is 12.9. The molecule has 23 heavy (non-hydrogen) atoms. The first kappa shape index (κ1) is 14.9. The van der Waals surface area contributed by atoms with Crippen LogP contribution in [-0.2, 0) is 11.3 Å². The number of ether oxygens (including phenoxy) is 2. The summed E-state index contributed by atoms with van der Waals surface area (Å²) < 4.78 is 11.9. The average Bonchev–Trinajstić information content (AvgIpc) is 2.96. The van der Waals surface area contributed by atoms with E-state index in [0.717, 1.165) is 16.5 Å². The van der Waals surface area contributed by atoms with E-state index in [1.807, 2.05) is 35.0 Å². The number of esters is 1. The number of methoxy groups -OCH3 is 2. The smallest absolute Gasteiger partial charge is 0.341 e. The summed E-state index contributed by atoms with van der Waals surface area (Å²) in [7, 11) is 2.87. The Morgan fingerprint density at radius 2 is 2.04 bits per heavy atom. The van der Waals surface area contributed by atoms with Crippen LogP contribution in [0.5, 0.6) is 5.75 Å². The molecule has 1 heterocycles. The van der Waals surface area contributed by atoms with Crippen LogP contribution in [-0.4, -0.2) is 30.0 Å². The fourth-order valence-corrected chi connectivity index (χ4v) is 2.50. The molecule has 0 aliphatic rings. The predicted molar refractivity (Wildman–Crippen MR) is 87.6 cm³/mol. The normalized spacial score (nSPS) is 10.7. The van der Waals surface area contributed by atoms with Crippen LogP contribution in [0.4, 0.5) is 5.69 Å². The monoisotopic (exact) mass is 311 g/mol. The summed E-state index contributed by atoms with van der Waals surface area (Å²) in [4.78, 5) is 11.7. The Bertz CT molecular complexity index is 871. The van der Waals surface area contributed by atoms with Gasteiger partial charge < -0.3 is 15.2 Å². The number of nitrogens with zero attached hydrogens (tertiary/aromatic N) is 2. The Labute approximate surface area is 133 Å². The minimum absolute atomic E-state index is 0.397. The molecule has 3 aromatic rings. The number of rotatable bonds is 4. The lowest BCUT2D eigenvalue weighted by molar-refractivity contribution is 0.0597.